The predicted octanol–water partition coefficient (Wildman–Crippen LogP) is 5.09. The zero-order valence-electron chi connectivity index (χ0n) is 12.8. The van der Waals surface area contributed by atoms with Gasteiger partial charge in [-0.3, -0.25) is 0 Å². The molecule has 138 valence electrons. The van der Waals surface area contributed by atoms with Crippen LogP contribution in [0.15, 0.2) is 0 Å². The Hall–Kier alpha value is 0.0687. The van der Waals surface area contributed by atoms with Gasteiger partial charge in [0.15, 0.2) is 0 Å². The van der Waals surface area contributed by atoms with Crippen molar-refractivity contribution in [3.8, 4) is 0 Å². The Morgan fingerprint density at radius 1 is 0.870 bits per heavy atom. The SMILES string of the molecule is CCCCCCCCC[O][Sn](=[O])[CH](F)C(F)(F)C(F)(F)C(F)F. The molecule has 0 spiro atoms. The van der Waals surface area contributed by atoms with E-state index in [1.165, 1.54) is 0 Å². The minimum absolute atomic E-state index is 0.303. The van der Waals surface area contributed by atoms with E-state index < -0.39 is 42.6 Å². The monoisotopic (exact) mass is 462 g/mol. The van der Waals surface area contributed by atoms with E-state index in [0.29, 0.717) is 12.8 Å². The maximum atomic E-state index is 13.2. The summed E-state index contributed by atoms with van der Waals surface area (Å²) in [5.41, 5.74) is 0. The van der Waals surface area contributed by atoms with E-state index in [1.807, 2.05) is 0 Å². The minimum atomic E-state index is -5.88. The van der Waals surface area contributed by atoms with E-state index in [4.69, 9.17) is 0 Å². The quantitative estimate of drug-likeness (QED) is 0.217. The number of halogens is 7. The fourth-order valence-corrected chi connectivity index (χ4v) is 4.57. The van der Waals surface area contributed by atoms with E-state index in [-0.39, 0.29) is 6.61 Å². The van der Waals surface area contributed by atoms with Crippen molar-refractivity contribution in [2.24, 2.45) is 0 Å². The molecule has 1 unspecified atom stereocenters. The summed E-state index contributed by atoms with van der Waals surface area (Å²) >= 11 is -5.22. The molecule has 0 aliphatic heterocycles. The Morgan fingerprint density at radius 2 is 1.35 bits per heavy atom. The number of alkyl halides is 7. The van der Waals surface area contributed by atoms with Gasteiger partial charge >= 0.3 is 138 Å². The van der Waals surface area contributed by atoms with Crippen LogP contribution >= 0.6 is 0 Å². The third-order valence-electron chi connectivity index (χ3n) is 3.24. The summed E-state index contributed by atoms with van der Waals surface area (Å²) in [4.78, 5) is 0. The van der Waals surface area contributed by atoms with Crippen LogP contribution in [0.25, 0.3) is 0 Å². The van der Waals surface area contributed by atoms with Crippen molar-refractivity contribution in [2.75, 3.05) is 6.61 Å². The van der Waals surface area contributed by atoms with Gasteiger partial charge in [0, 0.05) is 0 Å². The van der Waals surface area contributed by atoms with Crippen molar-refractivity contribution >= 4 is 20.2 Å². The number of hydrogen-bond donors (Lipinski definition) is 0. The van der Waals surface area contributed by atoms with Crippen LogP contribution < -0.4 is 0 Å². The summed E-state index contributed by atoms with van der Waals surface area (Å²) in [7, 11) is 0. The van der Waals surface area contributed by atoms with Gasteiger partial charge in [0.1, 0.15) is 0 Å². The molecule has 1 atom stereocenters. The standard InChI is InChI=1S/C9H19O.C4H2F7.O.Sn/c1-2-3-4-5-6-7-8-9-10;5-1-3(8,9)4(10,11)2(6)7;;/h2-9H2,1H3;1-2H;;/q-1;;;+1. The molecule has 0 amide bonds. The summed E-state index contributed by atoms with van der Waals surface area (Å²) < 4.78 is 100. The molecular weight excluding hydrogens is 440 g/mol. The summed E-state index contributed by atoms with van der Waals surface area (Å²) in [6, 6.07) is 0. The number of unbranched alkanes of at least 4 members (excludes halogenated alkanes) is 6. The first-order valence-electron chi connectivity index (χ1n) is 7.43. The molecule has 0 aromatic heterocycles. The molecule has 0 heterocycles. The summed E-state index contributed by atoms with van der Waals surface area (Å²) in [6.07, 6.45) is 1.20. The van der Waals surface area contributed by atoms with Gasteiger partial charge < -0.3 is 0 Å². The first-order chi connectivity index (χ1) is 10.6. The molecule has 0 rings (SSSR count). The molecule has 0 bridgehead atoms. The Labute approximate surface area is 138 Å². The second-order valence-electron chi connectivity index (χ2n) is 5.20. The van der Waals surface area contributed by atoms with Gasteiger partial charge in [0.05, 0.1) is 0 Å². The Morgan fingerprint density at radius 3 is 1.83 bits per heavy atom. The van der Waals surface area contributed by atoms with Gasteiger partial charge in [-0.05, 0) is 0 Å². The molecule has 0 saturated carbocycles. The summed E-state index contributed by atoms with van der Waals surface area (Å²) in [5, 5.41) is 0. The second-order valence-corrected chi connectivity index (χ2v) is 9.29. The molecule has 0 aliphatic rings. The van der Waals surface area contributed by atoms with Crippen LogP contribution in [0.1, 0.15) is 51.9 Å². The first kappa shape index (κ1) is 23.1. The van der Waals surface area contributed by atoms with Crippen LogP contribution in [0.3, 0.4) is 0 Å². The third kappa shape index (κ3) is 7.23. The average Bonchev–Trinajstić information content (AvgIpc) is 2.48. The van der Waals surface area contributed by atoms with Crippen LogP contribution in [0.4, 0.5) is 30.7 Å². The number of hydrogen-bond acceptors (Lipinski definition) is 2. The summed E-state index contributed by atoms with van der Waals surface area (Å²) in [5.74, 6) is -11.6. The Bertz CT molecular complexity index is 353. The molecular formula is C13H21F7O2Sn. The van der Waals surface area contributed by atoms with Gasteiger partial charge in [-0.1, -0.05) is 0 Å². The van der Waals surface area contributed by atoms with Crippen molar-refractivity contribution in [3.05, 3.63) is 0 Å². The van der Waals surface area contributed by atoms with E-state index in [0.717, 1.165) is 32.1 Å². The van der Waals surface area contributed by atoms with E-state index in [1.54, 1.807) is 0 Å². The van der Waals surface area contributed by atoms with Gasteiger partial charge in [0.25, 0.3) is 0 Å². The van der Waals surface area contributed by atoms with Crippen molar-refractivity contribution < 1.29 is 36.9 Å². The molecule has 0 aliphatic carbocycles. The normalized spacial score (nSPS) is 14.3. The van der Waals surface area contributed by atoms with E-state index >= 15 is 0 Å². The second kappa shape index (κ2) is 10.8. The van der Waals surface area contributed by atoms with Crippen LogP contribution in [0.2, 0.25) is 0 Å². The molecule has 2 nitrogen and oxygen atoms in total. The van der Waals surface area contributed by atoms with Crippen LogP contribution in [-0.2, 0) is 6.15 Å². The van der Waals surface area contributed by atoms with Crippen LogP contribution in [0, 0.1) is 0 Å². The molecule has 10 heteroatoms. The molecule has 0 fully saturated rings. The van der Waals surface area contributed by atoms with Crippen molar-refractivity contribution in [1.29, 1.82) is 0 Å². The Kier molecular flexibility index (Phi) is 10.9. The van der Waals surface area contributed by atoms with Crippen LogP contribution in [-0.4, -0.2) is 49.2 Å². The average molecular weight is 461 g/mol. The van der Waals surface area contributed by atoms with Gasteiger partial charge in [-0.2, -0.15) is 0 Å². The topological polar surface area (TPSA) is 26.3 Å². The van der Waals surface area contributed by atoms with Crippen molar-refractivity contribution in [1.82, 2.24) is 0 Å². The molecule has 0 radical (unpaired) electrons. The Balaban J connectivity index is 4.16. The fourth-order valence-electron chi connectivity index (χ4n) is 1.77. The molecule has 23 heavy (non-hydrogen) atoms. The molecule has 0 aromatic carbocycles. The van der Waals surface area contributed by atoms with E-state index in [9.17, 15) is 33.8 Å². The molecule has 0 N–H and O–H groups in total. The zero-order chi connectivity index (χ0) is 18.1. The fraction of sp³-hybridized carbons (Fsp3) is 1.00. The van der Waals surface area contributed by atoms with Gasteiger partial charge in [0.2, 0.25) is 0 Å². The van der Waals surface area contributed by atoms with Crippen LogP contribution in [0.5, 0.6) is 0 Å². The van der Waals surface area contributed by atoms with Gasteiger partial charge in [-0.25, -0.2) is 0 Å². The first-order valence-corrected chi connectivity index (χ1v) is 11.4. The predicted molar refractivity (Wildman–Crippen MR) is 71.2 cm³/mol. The maximum absolute atomic E-state index is 13.2. The van der Waals surface area contributed by atoms with Crippen molar-refractivity contribution in [3.63, 3.8) is 0 Å². The van der Waals surface area contributed by atoms with Crippen molar-refractivity contribution in [2.45, 2.75) is 74.3 Å². The van der Waals surface area contributed by atoms with E-state index in [2.05, 4.69) is 10.00 Å². The third-order valence-corrected chi connectivity index (χ3v) is 6.85. The zero-order valence-corrected chi connectivity index (χ0v) is 15.6. The molecule has 0 aromatic rings. The van der Waals surface area contributed by atoms with Gasteiger partial charge in [-0.15, -0.1) is 0 Å². The molecule has 0 saturated heterocycles. The number of rotatable bonds is 13. The summed E-state index contributed by atoms with van der Waals surface area (Å²) in [6.45, 7) is 1.75.